The van der Waals surface area contributed by atoms with E-state index >= 15 is 0 Å². The first-order valence-electron chi connectivity index (χ1n) is 12.0. The lowest BCUT2D eigenvalue weighted by atomic mass is 9.97. The molecule has 186 valence electrons. The van der Waals surface area contributed by atoms with Gasteiger partial charge in [0.25, 0.3) is 5.56 Å². The van der Waals surface area contributed by atoms with Crippen molar-refractivity contribution in [3.8, 4) is 5.75 Å². The molecule has 0 spiro atoms. The van der Waals surface area contributed by atoms with Gasteiger partial charge in [-0.25, -0.2) is 4.68 Å². The van der Waals surface area contributed by atoms with E-state index in [2.05, 4.69) is 77.5 Å². The number of aromatic nitrogens is 5. The fraction of sp³-hybridized carbons (Fsp3) is 0.462. The molecule has 0 fully saturated rings. The Kier molecular flexibility index (Phi) is 7.37. The first-order valence-corrected chi connectivity index (χ1v) is 12.9. The van der Waals surface area contributed by atoms with Gasteiger partial charge in [0, 0.05) is 34.4 Å². The van der Waals surface area contributed by atoms with Crippen LogP contribution in [0.5, 0.6) is 5.75 Å². The Bertz CT molecular complexity index is 1330. The number of nitrogens with zero attached hydrogens (tertiary/aromatic N) is 5. The average Bonchev–Trinajstić information content (AvgIpc) is 3.52. The van der Waals surface area contributed by atoms with E-state index in [-0.39, 0.29) is 23.1 Å². The number of tetrazole rings is 1. The summed E-state index contributed by atoms with van der Waals surface area (Å²) in [6.07, 6.45) is 0.896. The van der Waals surface area contributed by atoms with E-state index in [1.54, 1.807) is 18.4 Å². The number of thiophene rings is 1. The summed E-state index contributed by atoms with van der Waals surface area (Å²) in [6.45, 7) is 11.9. The number of ether oxygens (including phenoxy) is 1. The molecule has 4 aromatic rings. The van der Waals surface area contributed by atoms with Crippen LogP contribution in [0.3, 0.4) is 0 Å². The summed E-state index contributed by atoms with van der Waals surface area (Å²) in [6, 6.07) is 11.7. The molecular weight excluding hydrogens is 460 g/mol. The van der Waals surface area contributed by atoms with Gasteiger partial charge in [0.1, 0.15) is 5.75 Å². The lowest BCUT2D eigenvalue weighted by Gasteiger charge is -2.35. The van der Waals surface area contributed by atoms with E-state index in [4.69, 9.17) is 4.74 Å². The van der Waals surface area contributed by atoms with Gasteiger partial charge in [0.15, 0.2) is 5.82 Å². The van der Waals surface area contributed by atoms with E-state index in [9.17, 15) is 4.79 Å². The Balaban J connectivity index is 1.79. The third-order valence-electron chi connectivity index (χ3n) is 6.66. The number of nitrogens with one attached hydrogen (secondary N) is 1. The van der Waals surface area contributed by atoms with Crippen molar-refractivity contribution in [3.05, 3.63) is 68.4 Å². The standard InChI is InChI=1S/C26H34N6O2S/c1-7-26(4,5)32-24(28-29-30-32)23(17(2)3)31(16-21-9-8-12-35-21)15-19-13-18-14-20(34-6)10-11-22(18)27-25(19)33/h8-14,17,23H,7,15-16H2,1-6H3,(H,27,33)/t23-/m1/s1. The molecule has 0 aliphatic heterocycles. The van der Waals surface area contributed by atoms with E-state index in [1.165, 1.54) is 4.88 Å². The Morgan fingerprint density at radius 1 is 1.20 bits per heavy atom. The van der Waals surface area contributed by atoms with Crippen molar-refractivity contribution < 1.29 is 4.74 Å². The minimum atomic E-state index is -0.225. The highest BCUT2D eigenvalue weighted by atomic mass is 32.1. The van der Waals surface area contributed by atoms with Crippen LogP contribution in [-0.2, 0) is 18.6 Å². The molecular formula is C26H34N6O2S. The number of rotatable bonds is 10. The minimum absolute atomic E-state index is 0.0849. The number of pyridine rings is 1. The number of hydrogen-bond donors (Lipinski definition) is 1. The van der Waals surface area contributed by atoms with Crippen LogP contribution in [0.4, 0.5) is 0 Å². The summed E-state index contributed by atoms with van der Waals surface area (Å²) in [5, 5.41) is 16.0. The molecule has 3 aromatic heterocycles. The quantitative estimate of drug-likeness (QED) is 0.329. The molecule has 9 heteroatoms. The molecule has 0 unspecified atom stereocenters. The molecule has 0 amide bonds. The number of benzene rings is 1. The summed E-state index contributed by atoms with van der Waals surface area (Å²) >= 11 is 1.71. The molecule has 0 aliphatic rings. The zero-order valence-corrected chi connectivity index (χ0v) is 22.1. The van der Waals surface area contributed by atoms with Crippen LogP contribution in [0.1, 0.15) is 63.3 Å². The molecule has 1 N–H and O–H groups in total. The van der Waals surface area contributed by atoms with Gasteiger partial charge in [-0.3, -0.25) is 9.69 Å². The van der Waals surface area contributed by atoms with Gasteiger partial charge >= 0.3 is 0 Å². The number of methoxy groups -OCH3 is 1. The zero-order valence-electron chi connectivity index (χ0n) is 21.3. The third kappa shape index (κ3) is 5.31. The van der Waals surface area contributed by atoms with E-state index in [0.29, 0.717) is 18.7 Å². The molecule has 0 bridgehead atoms. The van der Waals surface area contributed by atoms with Crippen molar-refractivity contribution >= 4 is 22.2 Å². The Hall–Kier alpha value is -3.04. The smallest absolute Gasteiger partial charge is 0.252 e. The predicted molar refractivity (Wildman–Crippen MR) is 140 cm³/mol. The second kappa shape index (κ2) is 10.3. The summed E-state index contributed by atoms with van der Waals surface area (Å²) in [7, 11) is 1.64. The van der Waals surface area contributed by atoms with Crippen LogP contribution in [0.15, 0.2) is 46.6 Å². The predicted octanol–water partition coefficient (Wildman–Crippen LogP) is 5.13. The van der Waals surface area contributed by atoms with Crippen LogP contribution >= 0.6 is 11.3 Å². The Morgan fingerprint density at radius 2 is 2.00 bits per heavy atom. The molecule has 8 nitrogen and oxygen atoms in total. The summed E-state index contributed by atoms with van der Waals surface area (Å²) in [5.74, 6) is 1.79. The highest BCUT2D eigenvalue weighted by molar-refractivity contribution is 7.09. The first-order chi connectivity index (χ1) is 16.7. The maximum absolute atomic E-state index is 13.1. The molecule has 0 saturated heterocycles. The molecule has 1 aromatic carbocycles. The van der Waals surface area contributed by atoms with Crippen molar-refractivity contribution in [2.24, 2.45) is 5.92 Å². The molecule has 35 heavy (non-hydrogen) atoms. The fourth-order valence-corrected chi connectivity index (χ4v) is 5.12. The third-order valence-corrected chi connectivity index (χ3v) is 7.52. The molecule has 0 aliphatic carbocycles. The van der Waals surface area contributed by atoms with Gasteiger partial charge in [-0.05, 0) is 72.3 Å². The van der Waals surface area contributed by atoms with Crippen molar-refractivity contribution in [1.29, 1.82) is 0 Å². The SMILES string of the molecule is CCC(C)(C)n1nnnc1[C@@H](C(C)C)N(Cc1cccs1)Cc1cc2cc(OC)ccc2[nH]c1=O. The Morgan fingerprint density at radius 3 is 2.66 bits per heavy atom. The molecule has 1 atom stereocenters. The normalized spacial score (nSPS) is 13.1. The van der Waals surface area contributed by atoms with Gasteiger partial charge in [-0.1, -0.05) is 26.8 Å². The highest BCUT2D eigenvalue weighted by Crippen LogP contribution is 2.33. The summed E-state index contributed by atoms with van der Waals surface area (Å²) in [5.41, 5.74) is 1.17. The topological polar surface area (TPSA) is 88.9 Å². The maximum Gasteiger partial charge on any atom is 0.252 e. The van der Waals surface area contributed by atoms with Crippen LogP contribution in [-0.4, -0.2) is 37.2 Å². The molecule has 3 heterocycles. The highest BCUT2D eigenvalue weighted by Gasteiger charge is 2.34. The van der Waals surface area contributed by atoms with Crippen LogP contribution in [0.25, 0.3) is 10.9 Å². The van der Waals surface area contributed by atoms with Gasteiger partial charge in [0.2, 0.25) is 0 Å². The van der Waals surface area contributed by atoms with Crippen molar-refractivity contribution in [3.63, 3.8) is 0 Å². The summed E-state index contributed by atoms with van der Waals surface area (Å²) in [4.78, 5) is 19.7. The van der Waals surface area contributed by atoms with Gasteiger partial charge < -0.3 is 9.72 Å². The molecule has 0 saturated carbocycles. The van der Waals surface area contributed by atoms with E-state index < -0.39 is 0 Å². The van der Waals surface area contributed by atoms with Crippen LogP contribution in [0.2, 0.25) is 0 Å². The van der Waals surface area contributed by atoms with E-state index in [0.717, 1.165) is 28.9 Å². The zero-order chi connectivity index (χ0) is 25.2. The van der Waals surface area contributed by atoms with Crippen molar-refractivity contribution in [2.75, 3.05) is 7.11 Å². The molecule has 0 radical (unpaired) electrons. The van der Waals surface area contributed by atoms with Crippen molar-refractivity contribution in [1.82, 2.24) is 30.1 Å². The number of fused-ring (bicyclic) bond motifs is 1. The lowest BCUT2D eigenvalue weighted by molar-refractivity contribution is 0.119. The number of aromatic amines is 1. The molecule has 4 rings (SSSR count). The second-order valence-corrected chi connectivity index (χ2v) is 10.9. The van der Waals surface area contributed by atoms with Crippen molar-refractivity contribution in [2.45, 2.75) is 65.7 Å². The minimum Gasteiger partial charge on any atom is -0.497 e. The van der Waals surface area contributed by atoms with Gasteiger partial charge in [0.05, 0.1) is 18.7 Å². The number of H-pyrrole nitrogens is 1. The van der Waals surface area contributed by atoms with Gasteiger partial charge in [-0.15, -0.1) is 16.4 Å². The second-order valence-electron chi connectivity index (χ2n) is 9.86. The lowest BCUT2D eigenvalue weighted by Crippen LogP contribution is -2.38. The first kappa shape index (κ1) is 25.1. The summed E-state index contributed by atoms with van der Waals surface area (Å²) < 4.78 is 7.34. The Labute approximate surface area is 209 Å². The largest absolute Gasteiger partial charge is 0.497 e. The van der Waals surface area contributed by atoms with Crippen LogP contribution < -0.4 is 10.3 Å². The maximum atomic E-state index is 13.1. The van der Waals surface area contributed by atoms with E-state index in [1.807, 2.05) is 28.9 Å². The van der Waals surface area contributed by atoms with Crippen LogP contribution in [0, 0.1) is 5.92 Å². The van der Waals surface area contributed by atoms with Gasteiger partial charge in [-0.2, -0.15) is 0 Å². The number of hydrogen-bond acceptors (Lipinski definition) is 7. The fourth-order valence-electron chi connectivity index (χ4n) is 4.39. The average molecular weight is 495 g/mol. The monoisotopic (exact) mass is 494 g/mol.